The number of benzene rings is 1. The number of aliphatic carboxylic acids is 1. The summed E-state index contributed by atoms with van der Waals surface area (Å²) in [7, 11) is 1.97. The van der Waals surface area contributed by atoms with Gasteiger partial charge in [0, 0.05) is 19.3 Å². The highest BCUT2D eigenvalue weighted by molar-refractivity contribution is 5.75. The second-order valence-corrected chi connectivity index (χ2v) is 5.44. The van der Waals surface area contributed by atoms with Gasteiger partial charge in [0.25, 0.3) is 0 Å². The highest BCUT2D eigenvalue weighted by Crippen LogP contribution is 2.30. The van der Waals surface area contributed by atoms with Crippen molar-refractivity contribution < 1.29 is 9.90 Å². The molecule has 1 N–H and O–H groups in total. The van der Waals surface area contributed by atoms with E-state index in [1.54, 1.807) is 0 Å². The Morgan fingerprint density at radius 1 is 1.26 bits per heavy atom. The van der Waals surface area contributed by atoms with Crippen molar-refractivity contribution >= 4 is 11.7 Å². The Labute approximate surface area is 116 Å². The molecule has 0 aliphatic carbocycles. The maximum absolute atomic E-state index is 11.6. The Kier molecular flexibility index (Phi) is 4.98. The second-order valence-electron chi connectivity index (χ2n) is 5.44. The van der Waals surface area contributed by atoms with Gasteiger partial charge in [0.05, 0.1) is 5.41 Å². The van der Waals surface area contributed by atoms with Crippen molar-refractivity contribution in [1.82, 2.24) is 0 Å². The molecule has 19 heavy (non-hydrogen) atoms. The minimum absolute atomic E-state index is 0.541. The van der Waals surface area contributed by atoms with Crippen LogP contribution in [0.15, 0.2) is 18.2 Å². The molecular formula is C16H25NO2. The topological polar surface area (TPSA) is 40.5 Å². The summed E-state index contributed by atoms with van der Waals surface area (Å²) in [6.45, 7) is 8.58. The van der Waals surface area contributed by atoms with Crippen LogP contribution in [0.3, 0.4) is 0 Å². The van der Waals surface area contributed by atoms with E-state index in [-0.39, 0.29) is 0 Å². The molecule has 3 nitrogen and oxygen atoms in total. The Hall–Kier alpha value is -1.51. The number of rotatable bonds is 6. The van der Waals surface area contributed by atoms with Gasteiger partial charge >= 0.3 is 5.97 Å². The molecule has 0 saturated carbocycles. The van der Waals surface area contributed by atoms with Crippen LogP contribution in [-0.4, -0.2) is 24.7 Å². The van der Waals surface area contributed by atoms with Crippen LogP contribution >= 0.6 is 0 Å². The third kappa shape index (κ3) is 3.28. The van der Waals surface area contributed by atoms with Gasteiger partial charge in [-0.25, -0.2) is 0 Å². The Morgan fingerprint density at radius 3 is 2.26 bits per heavy atom. The van der Waals surface area contributed by atoms with Gasteiger partial charge in [0.15, 0.2) is 0 Å². The SMILES string of the molecule is CCC(CC)(CN(C)c1ccc(C)cc1C)C(=O)O. The number of carbonyl (C=O) groups is 1. The number of hydrogen-bond acceptors (Lipinski definition) is 2. The normalized spacial score (nSPS) is 11.4. The molecule has 0 aliphatic rings. The first kappa shape index (κ1) is 15.5. The van der Waals surface area contributed by atoms with Crippen LogP contribution in [0.2, 0.25) is 0 Å². The monoisotopic (exact) mass is 263 g/mol. The van der Waals surface area contributed by atoms with Crippen LogP contribution in [-0.2, 0) is 4.79 Å². The molecule has 106 valence electrons. The van der Waals surface area contributed by atoms with Gasteiger partial charge in [-0.15, -0.1) is 0 Å². The fraction of sp³-hybridized carbons (Fsp3) is 0.562. The number of hydrogen-bond donors (Lipinski definition) is 1. The van der Waals surface area contributed by atoms with Gasteiger partial charge in [0.2, 0.25) is 0 Å². The molecule has 1 aromatic carbocycles. The van der Waals surface area contributed by atoms with Crippen LogP contribution in [0, 0.1) is 19.3 Å². The molecule has 0 spiro atoms. The van der Waals surface area contributed by atoms with E-state index in [1.807, 2.05) is 20.9 Å². The molecule has 1 rings (SSSR count). The van der Waals surface area contributed by atoms with Gasteiger partial charge in [0.1, 0.15) is 0 Å². The molecular weight excluding hydrogens is 238 g/mol. The van der Waals surface area contributed by atoms with Crippen LogP contribution in [0.5, 0.6) is 0 Å². The summed E-state index contributed by atoms with van der Waals surface area (Å²) in [6.07, 6.45) is 1.29. The van der Waals surface area contributed by atoms with E-state index in [1.165, 1.54) is 11.1 Å². The molecule has 0 atom stereocenters. The van der Waals surface area contributed by atoms with Crippen LogP contribution in [0.25, 0.3) is 0 Å². The van der Waals surface area contributed by atoms with Crippen LogP contribution < -0.4 is 4.90 Å². The van der Waals surface area contributed by atoms with Crippen molar-refractivity contribution in [3.63, 3.8) is 0 Å². The minimum Gasteiger partial charge on any atom is -0.481 e. The number of aryl methyl sites for hydroxylation is 2. The van der Waals surface area contributed by atoms with Gasteiger partial charge in [-0.2, -0.15) is 0 Å². The van der Waals surface area contributed by atoms with Crippen molar-refractivity contribution in [2.24, 2.45) is 5.41 Å². The predicted octanol–water partition coefficient (Wildman–Crippen LogP) is 3.63. The molecule has 0 radical (unpaired) electrons. The smallest absolute Gasteiger partial charge is 0.311 e. The van der Waals surface area contributed by atoms with E-state index in [0.29, 0.717) is 19.4 Å². The van der Waals surface area contributed by atoms with E-state index in [2.05, 4.69) is 36.9 Å². The number of carboxylic acid groups (broad SMARTS) is 1. The van der Waals surface area contributed by atoms with Crippen LogP contribution in [0.1, 0.15) is 37.8 Å². The standard InChI is InChI=1S/C16H25NO2/c1-6-16(7-2,15(18)19)11-17(5)14-9-8-12(3)10-13(14)4/h8-10H,6-7,11H2,1-5H3,(H,18,19). The largest absolute Gasteiger partial charge is 0.481 e. The maximum Gasteiger partial charge on any atom is 0.311 e. The zero-order valence-corrected chi connectivity index (χ0v) is 12.7. The highest BCUT2D eigenvalue weighted by atomic mass is 16.4. The van der Waals surface area contributed by atoms with Crippen molar-refractivity contribution in [3.05, 3.63) is 29.3 Å². The summed E-state index contributed by atoms with van der Waals surface area (Å²) in [5.41, 5.74) is 2.86. The lowest BCUT2D eigenvalue weighted by Gasteiger charge is -2.33. The lowest BCUT2D eigenvalue weighted by Crippen LogP contribution is -2.41. The summed E-state index contributed by atoms with van der Waals surface area (Å²) >= 11 is 0. The van der Waals surface area contributed by atoms with Gasteiger partial charge in [-0.1, -0.05) is 31.5 Å². The summed E-state index contributed by atoms with van der Waals surface area (Å²) in [4.78, 5) is 13.6. The summed E-state index contributed by atoms with van der Waals surface area (Å²) < 4.78 is 0. The fourth-order valence-electron chi connectivity index (χ4n) is 2.62. The molecule has 0 amide bonds. The lowest BCUT2D eigenvalue weighted by atomic mass is 9.82. The molecule has 3 heteroatoms. The van der Waals surface area contributed by atoms with Crippen molar-refractivity contribution in [3.8, 4) is 0 Å². The molecule has 0 heterocycles. The number of anilines is 1. The Bertz CT molecular complexity index is 450. The summed E-state index contributed by atoms with van der Waals surface area (Å²) in [5, 5.41) is 9.51. The first-order valence-electron chi connectivity index (χ1n) is 6.88. The van der Waals surface area contributed by atoms with E-state index >= 15 is 0 Å². The zero-order valence-electron chi connectivity index (χ0n) is 12.7. The molecule has 1 aromatic rings. The fourth-order valence-corrected chi connectivity index (χ4v) is 2.62. The average molecular weight is 263 g/mol. The van der Waals surface area contributed by atoms with E-state index in [0.717, 1.165) is 5.69 Å². The second kappa shape index (κ2) is 6.09. The summed E-state index contributed by atoms with van der Waals surface area (Å²) in [6, 6.07) is 6.27. The van der Waals surface area contributed by atoms with Crippen LogP contribution in [0.4, 0.5) is 5.69 Å². The van der Waals surface area contributed by atoms with Crippen molar-refractivity contribution in [1.29, 1.82) is 0 Å². The molecule has 0 bridgehead atoms. The minimum atomic E-state index is -0.700. The Morgan fingerprint density at radius 2 is 1.84 bits per heavy atom. The quantitative estimate of drug-likeness (QED) is 0.852. The molecule has 0 unspecified atom stereocenters. The number of nitrogens with zero attached hydrogens (tertiary/aromatic N) is 1. The third-order valence-electron chi connectivity index (χ3n) is 4.11. The van der Waals surface area contributed by atoms with Gasteiger partial charge in [-0.3, -0.25) is 4.79 Å². The van der Waals surface area contributed by atoms with Crippen molar-refractivity contribution in [2.75, 3.05) is 18.5 Å². The lowest BCUT2D eigenvalue weighted by molar-refractivity contribution is -0.148. The maximum atomic E-state index is 11.6. The van der Waals surface area contributed by atoms with E-state index in [4.69, 9.17) is 0 Å². The Balaban J connectivity index is 3.00. The molecule has 0 fully saturated rings. The first-order valence-corrected chi connectivity index (χ1v) is 6.88. The highest BCUT2D eigenvalue weighted by Gasteiger charge is 2.36. The average Bonchev–Trinajstić information content (AvgIpc) is 2.35. The van der Waals surface area contributed by atoms with E-state index < -0.39 is 11.4 Å². The molecule has 0 aromatic heterocycles. The van der Waals surface area contributed by atoms with E-state index in [9.17, 15) is 9.90 Å². The zero-order chi connectivity index (χ0) is 14.6. The molecule has 0 aliphatic heterocycles. The van der Waals surface area contributed by atoms with Gasteiger partial charge < -0.3 is 10.0 Å². The predicted molar refractivity (Wildman–Crippen MR) is 79.8 cm³/mol. The molecule has 0 saturated heterocycles. The first-order chi connectivity index (χ1) is 8.86. The third-order valence-corrected chi connectivity index (χ3v) is 4.11. The van der Waals surface area contributed by atoms with Gasteiger partial charge in [-0.05, 0) is 38.3 Å². The summed E-state index contributed by atoms with van der Waals surface area (Å²) in [5.74, 6) is -0.700. The number of carboxylic acids is 1. The van der Waals surface area contributed by atoms with Crippen molar-refractivity contribution in [2.45, 2.75) is 40.5 Å².